The number of amides is 2. The van der Waals surface area contributed by atoms with E-state index in [2.05, 4.69) is 23.6 Å². The summed E-state index contributed by atoms with van der Waals surface area (Å²) in [4.78, 5) is 32.9. The van der Waals surface area contributed by atoms with Crippen molar-refractivity contribution in [2.45, 2.75) is 57.9 Å². The highest BCUT2D eigenvalue weighted by Crippen LogP contribution is 2.52. The number of carbonyl (C=O) groups excluding carboxylic acids is 2. The maximum Gasteiger partial charge on any atom is 0.229 e. The standard InChI is InChI=1S/C26H39N3O3/c1-20(2)18-28-13-9-25(10-14-28)19-26(27(3)24(25)31)11-15-29(16-12-26)23(30)17-21-5-7-22(32-4)8-6-21/h5-8,20H,9-19H2,1-4H3. The molecule has 3 fully saturated rings. The minimum atomic E-state index is -0.183. The highest BCUT2D eigenvalue weighted by molar-refractivity contribution is 5.86. The third kappa shape index (κ3) is 4.39. The second-order valence-corrected chi connectivity index (χ2v) is 10.6. The molecule has 176 valence electrons. The number of methoxy groups -OCH3 is 1. The quantitative estimate of drug-likeness (QED) is 0.704. The lowest BCUT2D eigenvalue weighted by atomic mass is 9.71. The first-order valence-corrected chi connectivity index (χ1v) is 12.2. The number of likely N-dealkylation sites (tertiary alicyclic amines) is 3. The van der Waals surface area contributed by atoms with Gasteiger partial charge in [-0.05, 0) is 68.8 Å². The van der Waals surface area contributed by atoms with Crippen LogP contribution >= 0.6 is 0 Å². The molecule has 1 aromatic carbocycles. The van der Waals surface area contributed by atoms with Gasteiger partial charge in [-0.2, -0.15) is 0 Å². The molecule has 1 aromatic rings. The number of hydrogen-bond donors (Lipinski definition) is 0. The second kappa shape index (κ2) is 9.05. The lowest BCUT2D eigenvalue weighted by Gasteiger charge is -2.44. The summed E-state index contributed by atoms with van der Waals surface area (Å²) in [6, 6.07) is 7.72. The van der Waals surface area contributed by atoms with Crippen LogP contribution in [0.3, 0.4) is 0 Å². The molecular weight excluding hydrogens is 402 g/mol. The molecule has 0 radical (unpaired) electrons. The van der Waals surface area contributed by atoms with Crippen LogP contribution in [-0.4, -0.2) is 78.9 Å². The topological polar surface area (TPSA) is 53.1 Å². The van der Waals surface area contributed by atoms with E-state index in [0.717, 1.165) is 76.1 Å². The monoisotopic (exact) mass is 441 g/mol. The lowest BCUT2D eigenvalue weighted by Crippen LogP contribution is -2.53. The van der Waals surface area contributed by atoms with E-state index in [1.807, 2.05) is 36.2 Å². The van der Waals surface area contributed by atoms with Crippen LogP contribution in [0.5, 0.6) is 5.75 Å². The van der Waals surface area contributed by atoms with E-state index >= 15 is 0 Å². The van der Waals surface area contributed by atoms with E-state index in [1.54, 1.807) is 7.11 Å². The molecule has 0 unspecified atom stereocenters. The van der Waals surface area contributed by atoms with Gasteiger partial charge in [0.1, 0.15) is 5.75 Å². The van der Waals surface area contributed by atoms with Crippen LogP contribution < -0.4 is 4.74 Å². The van der Waals surface area contributed by atoms with Crippen molar-refractivity contribution in [1.82, 2.24) is 14.7 Å². The van der Waals surface area contributed by atoms with Crippen molar-refractivity contribution in [2.24, 2.45) is 11.3 Å². The molecule has 3 heterocycles. The summed E-state index contributed by atoms with van der Waals surface area (Å²) in [5.41, 5.74) is 0.752. The summed E-state index contributed by atoms with van der Waals surface area (Å²) < 4.78 is 5.20. The van der Waals surface area contributed by atoms with E-state index in [-0.39, 0.29) is 16.9 Å². The summed E-state index contributed by atoms with van der Waals surface area (Å²) in [7, 11) is 3.65. The van der Waals surface area contributed by atoms with Gasteiger partial charge in [-0.25, -0.2) is 0 Å². The Hall–Kier alpha value is -2.08. The number of carbonyl (C=O) groups is 2. The largest absolute Gasteiger partial charge is 0.497 e. The van der Waals surface area contributed by atoms with E-state index in [4.69, 9.17) is 4.74 Å². The first-order valence-electron chi connectivity index (χ1n) is 12.2. The predicted octanol–water partition coefficient (Wildman–Crippen LogP) is 3.20. The van der Waals surface area contributed by atoms with Crippen molar-refractivity contribution in [2.75, 3.05) is 46.9 Å². The normalized spacial score (nSPS) is 22.8. The van der Waals surface area contributed by atoms with Crippen molar-refractivity contribution in [3.8, 4) is 5.75 Å². The van der Waals surface area contributed by atoms with Crippen molar-refractivity contribution >= 4 is 11.8 Å². The van der Waals surface area contributed by atoms with Crippen LogP contribution in [0, 0.1) is 11.3 Å². The Morgan fingerprint density at radius 2 is 1.66 bits per heavy atom. The number of rotatable bonds is 5. The average Bonchev–Trinajstić information content (AvgIpc) is 2.98. The summed E-state index contributed by atoms with van der Waals surface area (Å²) in [6.07, 6.45) is 5.12. The molecule has 32 heavy (non-hydrogen) atoms. The molecule has 3 aliphatic heterocycles. The van der Waals surface area contributed by atoms with Crippen LogP contribution in [0.2, 0.25) is 0 Å². The Labute approximate surface area is 192 Å². The van der Waals surface area contributed by atoms with Gasteiger partial charge < -0.3 is 19.4 Å². The average molecular weight is 442 g/mol. The van der Waals surface area contributed by atoms with E-state index < -0.39 is 0 Å². The molecule has 2 amide bonds. The summed E-state index contributed by atoms with van der Waals surface area (Å²) in [5, 5.41) is 0. The van der Waals surface area contributed by atoms with Gasteiger partial charge in [0.2, 0.25) is 11.8 Å². The van der Waals surface area contributed by atoms with Gasteiger partial charge in [-0.15, -0.1) is 0 Å². The predicted molar refractivity (Wildman–Crippen MR) is 126 cm³/mol. The number of nitrogens with zero attached hydrogens (tertiary/aromatic N) is 3. The fourth-order valence-electron chi connectivity index (χ4n) is 6.18. The van der Waals surface area contributed by atoms with Gasteiger partial charge in [0, 0.05) is 32.2 Å². The zero-order chi connectivity index (χ0) is 22.9. The summed E-state index contributed by atoms with van der Waals surface area (Å²) in [6.45, 7) is 9.18. The van der Waals surface area contributed by atoms with Crippen molar-refractivity contribution < 1.29 is 14.3 Å². The van der Waals surface area contributed by atoms with Gasteiger partial charge in [0.05, 0.1) is 18.9 Å². The van der Waals surface area contributed by atoms with E-state index in [0.29, 0.717) is 18.2 Å². The van der Waals surface area contributed by atoms with Crippen LogP contribution in [-0.2, 0) is 16.0 Å². The first kappa shape index (κ1) is 23.1. The maximum absolute atomic E-state index is 13.4. The molecule has 0 N–H and O–H groups in total. The number of benzene rings is 1. The Balaban J connectivity index is 1.35. The van der Waals surface area contributed by atoms with Gasteiger partial charge in [-0.3, -0.25) is 9.59 Å². The number of piperidine rings is 2. The van der Waals surface area contributed by atoms with Gasteiger partial charge in [-0.1, -0.05) is 26.0 Å². The second-order valence-electron chi connectivity index (χ2n) is 10.6. The smallest absolute Gasteiger partial charge is 0.229 e. The third-order valence-corrected chi connectivity index (χ3v) is 8.14. The maximum atomic E-state index is 13.4. The highest BCUT2D eigenvalue weighted by atomic mass is 16.5. The molecule has 0 saturated carbocycles. The molecule has 3 saturated heterocycles. The molecule has 6 nitrogen and oxygen atoms in total. The van der Waals surface area contributed by atoms with Crippen LogP contribution in [0.1, 0.15) is 51.5 Å². The van der Waals surface area contributed by atoms with Crippen LogP contribution in [0.25, 0.3) is 0 Å². The Morgan fingerprint density at radius 3 is 2.22 bits per heavy atom. The van der Waals surface area contributed by atoms with Crippen LogP contribution in [0.4, 0.5) is 0 Å². The zero-order valence-corrected chi connectivity index (χ0v) is 20.2. The van der Waals surface area contributed by atoms with Gasteiger partial charge >= 0.3 is 0 Å². The molecule has 6 heteroatoms. The molecule has 0 aliphatic carbocycles. The van der Waals surface area contributed by atoms with Crippen molar-refractivity contribution in [1.29, 1.82) is 0 Å². The van der Waals surface area contributed by atoms with Crippen molar-refractivity contribution in [3.05, 3.63) is 29.8 Å². The molecule has 0 atom stereocenters. The van der Waals surface area contributed by atoms with E-state index in [9.17, 15) is 9.59 Å². The highest BCUT2D eigenvalue weighted by Gasteiger charge is 2.58. The molecule has 0 bridgehead atoms. The fraction of sp³-hybridized carbons (Fsp3) is 0.692. The zero-order valence-electron chi connectivity index (χ0n) is 20.2. The SMILES string of the molecule is COc1ccc(CC(=O)N2CCC3(CC2)CC2(CCN(CC(C)C)CC2)C(=O)N3C)cc1. The number of ether oxygens (including phenoxy) is 1. The lowest BCUT2D eigenvalue weighted by molar-refractivity contribution is -0.140. The number of hydrogen-bond acceptors (Lipinski definition) is 4. The molecular formula is C26H39N3O3. The first-order chi connectivity index (χ1) is 15.3. The molecule has 3 aliphatic rings. The molecule has 0 aromatic heterocycles. The Morgan fingerprint density at radius 1 is 1.03 bits per heavy atom. The minimum absolute atomic E-state index is 0.0752. The third-order valence-electron chi connectivity index (χ3n) is 8.14. The molecule has 2 spiro atoms. The van der Waals surface area contributed by atoms with Gasteiger partial charge in [0.25, 0.3) is 0 Å². The molecule has 4 rings (SSSR count). The van der Waals surface area contributed by atoms with Gasteiger partial charge in [0.15, 0.2) is 0 Å². The summed E-state index contributed by atoms with van der Waals surface area (Å²) in [5.74, 6) is 1.99. The minimum Gasteiger partial charge on any atom is -0.497 e. The fourth-order valence-corrected chi connectivity index (χ4v) is 6.18. The summed E-state index contributed by atoms with van der Waals surface area (Å²) >= 11 is 0. The van der Waals surface area contributed by atoms with Crippen molar-refractivity contribution in [3.63, 3.8) is 0 Å². The van der Waals surface area contributed by atoms with Crippen LogP contribution in [0.15, 0.2) is 24.3 Å². The Bertz CT molecular complexity index is 819. The Kier molecular flexibility index (Phi) is 6.53. The van der Waals surface area contributed by atoms with E-state index in [1.165, 1.54) is 0 Å².